The van der Waals surface area contributed by atoms with E-state index in [2.05, 4.69) is 33.9 Å². The number of rotatable bonds is 12. The largest absolute Gasteiger partial charge is 0.417 e. The SMILES string of the molecule is CC(C)(C)[Si](C)(C)OCCCN1CCN(CCCOS(C)(=O)=O)/C1=C(\C#N)S(=O)(=O)c1ccccc1. The Morgan fingerprint density at radius 1 is 1.00 bits per heavy atom. The average Bonchev–Trinajstić information content (AvgIpc) is 3.16. The number of allylic oxidation sites excluding steroid dienone is 1. The molecule has 36 heavy (non-hydrogen) atoms. The summed E-state index contributed by atoms with van der Waals surface area (Å²) in [7, 11) is -9.51. The molecule has 0 radical (unpaired) electrons. The van der Waals surface area contributed by atoms with E-state index in [1.807, 2.05) is 15.9 Å². The predicted octanol–water partition coefficient (Wildman–Crippen LogP) is 3.55. The van der Waals surface area contributed by atoms with Crippen molar-refractivity contribution in [2.75, 3.05) is 45.6 Å². The predicted molar refractivity (Wildman–Crippen MR) is 143 cm³/mol. The summed E-state index contributed by atoms with van der Waals surface area (Å²) in [6.07, 6.45) is 2.04. The summed E-state index contributed by atoms with van der Waals surface area (Å²) in [4.78, 5) is 3.51. The van der Waals surface area contributed by atoms with Crippen molar-refractivity contribution in [3.8, 4) is 6.07 Å². The Hall–Kier alpha value is -1.91. The third kappa shape index (κ3) is 8.04. The highest BCUT2D eigenvalue weighted by Crippen LogP contribution is 2.36. The van der Waals surface area contributed by atoms with Crippen molar-refractivity contribution in [2.24, 2.45) is 0 Å². The second-order valence-electron chi connectivity index (χ2n) is 10.4. The molecule has 0 atom stereocenters. The first-order chi connectivity index (χ1) is 16.6. The van der Waals surface area contributed by atoms with Gasteiger partial charge in [-0.25, -0.2) is 8.42 Å². The van der Waals surface area contributed by atoms with Crippen LogP contribution in [-0.4, -0.2) is 80.6 Å². The van der Waals surface area contributed by atoms with Crippen molar-refractivity contribution in [3.05, 3.63) is 41.1 Å². The highest BCUT2D eigenvalue weighted by Gasteiger charge is 2.37. The normalized spacial score (nSPS) is 16.8. The third-order valence-electron chi connectivity index (χ3n) is 6.58. The van der Waals surface area contributed by atoms with E-state index in [4.69, 9.17) is 8.61 Å². The Bertz CT molecular complexity index is 1170. The van der Waals surface area contributed by atoms with Crippen molar-refractivity contribution in [1.29, 1.82) is 5.26 Å². The zero-order valence-electron chi connectivity index (χ0n) is 22.2. The molecule has 1 aliphatic heterocycles. The van der Waals surface area contributed by atoms with Gasteiger partial charge in [0, 0.05) is 32.8 Å². The lowest BCUT2D eigenvalue weighted by Crippen LogP contribution is -2.41. The topological polar surface area (TPSA) is 117 Å². The molecular weight excluding hydrogens is 518 g/mol. The molecule has 1 aromatic rings. The fourth-order valence-electron chi connectivity index (χ4n) is 3.59. The van der Waals surface area contributed by atoms with Crippen molar-refractivity contribution in [3.63, 3.8) is 0 Å². The van der Waals surface area contributed by atoms with Crippen LogP contribution in [0.5, 0.6) is 0 Å². The van der Waals surface area contributed by atoms with E-state index >= 15 is 0 Å². The van der Waals surface area contributed by atoms with Gasteiger partial charge in [-0.1, -0.05) is 39.0 Å². The minimum atomic E-state index is -4.04. The van der Waals surface area contributed by atoms with Crippen LogP contribution >= 0.6 is 0 Å². The highest BCUT2D eigenvalue weighted by molar-refractivity contribution is 7.95. The maximum absolute atomic E-state index is 13.4. The zero-order chi connectivity index (χ0) is 27.2. The summed E-state index contributed by atoms with van der Waals surface area (Å²) >= 11 is 0. The summed E-state index contributed by atoms with van der Waals surface area (Å²) in [6.45, 7) is 13.4. The molecule has 0 bridgehead atoms. The van der Waals surface area contributed by atoms with Gasteiger partial charge in [-0.15, -0.1) is 0 Å². The van der Waals surface area contributed by atoms with Crippen molar-refractivity contribution >= 4 is 28.3 Å². The Kier molecular flexibility index (Phi) is 10.2. The van der Waals surface area contributed by atoms with Crippen LogP contribution in [-0.2, 0) is 28.6 Å². The number of hydrogen-bond acceptors (Lipinski definition) is 9. The van der Waals surface area contributed by atoms with Crippen molar-refractivity contribution in [1.82, 2.24) is 9.80 Å². The summed E-state index contributed by atoms with van der Waals surface area (Å²) in [5.74, 6) is 0.355. The van der Waals surface area contributed by atoms with Gasteiger partial charge in [0.05, 0.1) is 17.8 Å². The standard InChI is InChI=1S/C24H39N3O6S2Si/c1-24(2,3)36(5,6)33-19-11-15-27-17-16-26(14-10-18-32-34(4,28)29)23(27)22(20-25)35(30,31)21-12-8-7-9-13-21/h7-9,12-13H,10-11,14-19H2,1-6H3/b23-22-. The number of hydrogen-bond donors (Lipinski definition) is 0. The molecule has 2 rings (SSSR count). The zero-order valence-corrected chi connectivity index (χ0v) is 24.8. The fraction of sp³-hybridized carbons (Fsp3) is 0.625. The van der Waals surface area contributed by atoms with Gasteiger partial charge in [-0.2, -0.15) is 13.7 Å². The molecule has 1 heterocycles. The van der Waals surface area contributed by atoms with Crippen LogP contribution in [0.15, 0.2) is 46.0 Å². The first-order valence-electron chi connectivity index (χ1n) is 12.0. The molecule has 0 aliphatic carbocycles. The lowest BCUT2D eigenvalue weighted by Gasteiger charge is -2.36. The van der Waals surface area contributed by atoms with Crippen LogP contribution in [0.4, 0.5) is 0 Å². The Labute approximate surface area is 217 Å². The summed E-state index contributed by atoms with van der Waals surface area (Å²) < 4.78 is 60.5. The van der Waals surface area contributed by atoms with Gasteiger partial charge in [0.2, 0.25) is 9.84 Å². The Balaban J connectivity index is 2.28. The maximum atomic E-state index is 13.4. The first-order valence-corrected chi connectivity index (χ1v) is 18.2. The molecule has 1 fully saturated rings. The Morgan fingerprint density at radius 3 is 2.00 bits per heavy atom. The maximum Gasteiger partial charge on any atom is 0.264 e. The molecule has 1 aromatic carbocycles. The summed E-state index contributed by atoms with van der Waals surface area (Å²) in [6, 6.07) is 9.86. The molecule has 1 saturated heterocycles. The third-order valence-corrected chi connectivity index (χ3v) is 13.4. The lowest BCUT2D eigenvalue weighted by atomic mass is 10.2. The molecule has 0 amide bonds. The molecule has 0 unspecified atom stereocenters. The fourth-order valence-corrected chi connectivity index (χ4v) is 6.47. The molecule has 12 heteroatoms. The van der Waals surface area contributed by atoms with Crippen LogP contribution in [0.2, 0.25) is 18.1 Å². The summed E-state index contributed by atoms with van der Waals surface area (Å²) in [5.41, 5.74) is 0. The van der Waals surface area contributed by atoms with Crippen LogP contribution in [0.3, 0.4) is 0 Å². The van der Waals surface area contributed by atoms with E-state index in [1.54, 1.807) is 18.2 Å². The van der Waals surface area contributed by atoms with Gasteiger partial charge in [0.15, 0.2) is 13.2 Å². The van der Waals surface area contributed by atoms with Gasteiger partial charge in [0.25, 0.3) is 10.1 Å². The van der Waals surface area contributed by atoms with Gasteiger partial charge >= 0.3 is 0 Å². The quantitative estimate of drug-likeness (QED) is 0.165. The van der Waals surface area contributed by atoms with Crippen molar-refractivity contribution in [2.45, 2.75) is 56.6 Å². The van der Waals surface area contributed by atoms with E-state index < -0.39 is 28.3 Å². The van der Waals surface area contributed by atoms with Gasteiger partial charge in [-0.3, -0.25) is 4.18 Å². The average molecular weight is 558 g/mol. The van der Waals surface area contributed by atoms with Crippen LogP contribution < -0.4 is 0 Å². The monoisotopic (exact) mass is 557 g/mol. The smallest absolute Gasteiger partial charge is 0.264 e. The molecular formula is C24H39N3O6S2Si. The van der Waals surface area contributed by atoms with Gasteiger partial charge in [0.1, 0.15) is 11.9 Å². The summed E-state index contributed by atoms with van der Waals surface area (Å²) in [5, 5.41) is 10.1. The number of sulfone groups is 1. The number of nitriles is 1. The first kappa shape index (κ1) is 30.3. The molecule has 202 valence electrons. The van der Waals surface area contributed by atoms with E-state index in [1.165, 1.54) is 12.1 Å². The lowest BCUT2D eigenvalue weighted by molar-refractivity contribution is 0.249. The minimum Gasteiger partial charge on any atom is -0.417 e. The second-order valence-corrected chi connectivity index (χ2v) is 18.7. The van der Waals surface area contributed by atoms with Crippen molar-refractivity contribution < 1.29 is 25.4 Å². The second kappa shape index (κ2) is 12.1. The van der Waals surface area contributed by atoms with E-state index in [0.29, 0.717) is 51.4 Å². The van der Waals surface area contributed by atoms with E-state index in [-0.39, 0.29) is 21.4 Å². The molecule has 0 spiro atoms. The number of benzene rings is 1. The van der Waals surface area contributed by atoms with Gasteiger partial charge < -0.3 is 14.2 Å². The van der Waals surface area contributed by atoms with Crippen LogP contribution in [0.25, 0.3) is 0 Å². The molecule has 0 saturated carbocycles. The molecule has 1 aliphatic rings. The molecule has 0 N–H and O–H groups in total. The van der Waals surface area contributed by atoms with E-state index in [9.17, 15) is 22.1 Å². The highest BCUT2D eigenvalue weighted by atomic mass is 32.2. The van der Waals surface area contributed by atoms with Crippen LogP contribution in [0, 0.1) is 11.3 Å². The van der Waals surface area contributed by atoms with Gasteiger partial charge in [-0.05, 0) is 43.1 Å². The molecule has 9 nitrogen and oxygen atoms in total. The Morgan fingerprint density at radius 2 is 1.53 bits per heavy atom. The van der Waals surface area contributed by atoms with Crippen LogP contribution in [0.1, 0.15) is 33.6 Å². The molecule has 0 aromatic heterocycles. The number of nitrogens with zero attached hydrogens (tertiary/aromatic N) is 3. The van der Waals surface area contributed by atoms with E-state index in [0.717, 1.165) is 6.26 Å². The minimum absolute atomic E-state index is 0.0176.